The number of carbonyl (C=O) groups excluding carboxylic acids is 1. The number of rotatable bonds is 1. The van der Waals surface area contributed by atoms with Gasteiger partial charge in [-0.2, -0.15) is 15.4 Å². The zero-order valence-corrected chi connectivity index (χ0v) is 13.9. The van der Waals surface area contributed by atoms with E-state index in [1.807, 2.05) is 0 Å². The Morgan fingerprint density at radius 1 is 1.23 bits per heavy atom. The normalized spacial score (nSPS) is 36.2. The lowest BCUT2D eigenvalue weighted by atomic mass is 9.65. The fourth-order valence-corrected chi connectivity index (χ4v) is 5.45. The van der Waals surface area contributed by atoms with Crippen LogP contribution in [0.4, 0.5) is 0 Å². The summed E-state index contributed by atoms with van der Waals surface area (Å²) in [6.07, 6.45) is 6.12. The molecule has 1 saturated heterocycles. The molecule has 1 aliphatic heterocycles. The number of amides is 1. The van der Waals surface area contributed by atoms with Gasteiger partial charge in [0.2, 0.25) is 5.91 Å². The van der Waals surface area contributed by atoms with E-state index in [0.29, 0.717) is 22.8 Å². The second-order valence-electron chi connectivity index (χ2n) is 8.84. The second-order valence-corrected chi connectivity index (χ2v) is 8.84. The lowest BCUT2D eigenvalue weighted by Crippen LogP contribution is -2.42. The molecule has 0 spiro atoms. The molecule has 0 aromatic carbocycles. The molecular weight excluding hydrogens is 276 g/mol. The average molecular weight is 302 g/mol. The van der Waals surface area contributed by atoms with Crippen molar-refractivity contribution in [2.75, 3.05) is 6.54 Å². The molecular formula is C17H26N4O. The van der Waals surface area contributed by atoms with Gasteiger partial charge < -0.3 is 4.90 Å². The van der Waals surface area contributed by atoms with Crippen molar-refractivity contribution in [3.63, 3.8) is 0 Å². The van der Waals surface area contributed by atoms with E-state index in [1.165, 1.54) is 12.8 Å². The standard InChI is InChI=1S/C17H26N4O/c1-16(2)7-12-8-17(3,9-16)10-21(12)15(22)11-4-5-13-14(6-11)19-20-18-13/h11-12H,4-10H2,1-3H3,(H,18,19,20). The Hall–Kier alpha value is -1.39. The van der Waals surface area contributed by atoms with Gasteiger partial charge in [-0.1, -0.05) is 20.8 Å². The summed E-state index contributed by atoms with van der Waals surface area (Å²) in [6.45, 7) is 8.02. The summed E-state index contributed by atoms with van der Waals surface area (Å²) >= 11 is 0. The molecule has 0 radical (unpaired) electrons. The van der Waals surface area contributed by atoms with Crippen molar-refractivity contribution < 1.29 is 4.79 Å². The van der Waals surface area contributed by atoms with Gasteiger partial charge in [0.1, 0.15) is 0 Å². The number of aromatic amines is 1. The first-order chi connectivity index (χ1) is 10.4. The molecule has 1 aromatic heterocycles. The molecule has 1 saturated carbocycles. The number of hydrogen-bond acceptors (Lipinski definition) is 3. The Morgan fingerprint density at radius 2 is 2.00 bits per heavy atom. The van der Waals surface area contributed by atoms with Crippen LogP contribution in [0.5, 0.6) is 0 Å². The average Bonchev–Trinajstić information content (AvgIpc) is 2.97. The molecule has 2 aliphatic carbocycles. The Kier molecular flexibility index (Phi) is 2.94. The molecule has 2 heterocycles. The third-order valence-corrected chi connectivity index (χ3v) is 5.92. The molecule has 3 aliphatic rings. The van der Waals surface area contributed by atoms with Crippen LogP contribution in [0.25, 0.3) is 0 Å². The highest BCUT2D eigenvalue weighted by molar-refractivity contribution is 5.80. The predicted octanol–water partition coefficient (Wildman–Crippen LogP) is 2.34. The van der Waals surface area contributed by atoms with Gasteiger partial charge in [-0.05, 0) is 42.9 Å². The fraction of sp³-hybridized carbons (Fsp3) is 0.824. The number of aromatic nitrogens is 3. The third-order valence-electron chi connectivity index (χ3n) is 5.92. The van der Waals surface area contributed by atoms with E-state index in [2.05, 4.69) is 41.1 Å². The number of nitrogens with zero attached hydrogens (tertiary/aromatic N) is 3. The molecule has 4 rings (SSSR count). The van der Waals surface area contributed by atoms with Crippen molar-refractivity contribution in [2.45, 2.75) is 65.3 Å². The van der Waals surface area contributed by atoms with E-state index >= 15 is 0 Å². The number of carbonyl (C=O) groups is 1. The van der Waals surface area contributed by atoms with E-state index < -0.39 is 0 Å². The topological polar surface area (TPSA) is 61.9 Å². The molecule has 1 amide bonds. The molecule has 120 valence electrons. The van der Waals surface area contributed by atoms with Crippen molar-refractivity contribution in [3.05, 3.63) is 11.4 Å². The van der Waals surface area contributed by atoms with Crippen LogP contribution >= 0.6 is 0 Å². The van der Waals surface area contributed by atoms with Gasteiger partial charge >= 0.3 is 0 Å². The predicted molar refractivity (Wildman–Crippen MR) is 83.1 cm³/mol. The van der Waals surface area contributed by atoms with Crippen LogP contribution in [-0.4, -0.2) is 38.8 Å². The zero-order valence-electron chi connectivity index (χ0n) is 13.9. The van der Waals surface area contributed by atoms with Gasteiger partial charge in [0.25, 0.3) is 0 Å². The SMILES string of the molecule is CC1(C)CC2CC(C)(CN2C(=O)C2CCc3n[nH]nc3C2)C1. The van der Waals surface area contributed by atoms with Crippen LogP contribution in [0, 0.1) is 16.7 Å². The lowest BCUT2D eigenvalue weighted by Gasteiger charge is -2.39. The highest BCUT2D eigenvalue weighted by Crippen LogP contribution is 2.52. The summed E-state index contributed by atoms with van der Waals surface area (Å²) in [5.74, 6) is 0.462. The number of fused-ring (bicyclic) bond motifs is 3. The number of H-pyrrole nitrogens is 1. The van der Waals surface area contributed by atoms with E-state index in [1.54, 1.807) is 0 Å². The van der Waals surface area contributed by atoms with Crippen LogP contribution in [0.2, 0.25) is 0 Å². The van der Waals surface area contributed by atoms with Crippen molar-refractivity contribution in [3.8, 4) is 0 Å². The van der Waals surface area contributed by atoms with Gasteiger partial charge in [-0.15, -0.1) is 0 Å². The van der Waals surface area contributed by atoms with Crippen LogP contribution < -0.4 is 0 Å². The van der Waals surface area contributed by atoms with E-state index in [4.69, 9.17) is 0 Å². The Morgan fingerprint density at radius 3 is 2.82 bits per heavy atom. The van der Waals surface area contributed by atoms with Crippen molar-refractivity contribution in [1.29, 1.82) is 0 Å². The molecule has 1 aromatic rings. The van der Waals surface area contributed by atoms with Gasteiger partial charge in [-0.3, -0.25) is 4.79 Å². The lowest BCUT2D eigenvalue weighted by molar-refractivity contribution is -0.137. The quantitative estimate of drug-likeness (QED) is 0.866. The Labute approximate surface area is 131 Å². The minimum absolute atomic E-state index is 0.101. The Balaban J connectivity index is 1.52. The molecule has 2 bridgehead atoms. The summed E-state index contributed by atoms with van der Waals surface area (Å²) in [7, 11) is 0. The maximum atomic E-state index is 13.1. The summed E-state index contributed by atoms with van der Waals surface area (Å²) < 4.78 is 0. The second kappa shape index (κ2) is 4.56. The Bertz CT molecular complexity index is 608. The minimum Gasteiger partial charge on any atom is -0.339 e. The summed E-state index contributed by atoms with van der Waals surface area (Å²) in [5.41, 5.74) is 2.73. The van der Waals surface area contributed by atoms with Gasteiger partial charge in [0, 0.05) is 24.9 Å². The molecule has 5 heteroatoms. The zero-order chi connectivity index (χ0) is 15.5. The molecule has 3 unspecified atom stereocenters. The van der Waals surface area contributed by atoms with Gasteiger partial charge in [0.05, 0.1) is 11.4 Å². The number of likely N-dealkylation sites (tertiary alicyclic amines) is 1. The first-order valence-corrected chi connectivity index (χ1v) is 8.54. The first kappa shape index (κ1) is 14.2. The molecule has 22 heavy (non-hydrogen) atoms. The van der Waals surface area contributed by atoms with Crippen LogP contribution in [0.1, 0.15) is 57.8 Å². The maximum Gasteiger partial charge on any atom is 0.226 e. The van der Waals surface area contributed by atoms with Crippen molar-refractivity contribution in [2.24, 2.45) is 16.7 Å². The van der Waals surface area contributed by atoms with Gasteiger partial charge in [0.15, 0.2) is 0 Å². The summed E-state index contributed by atoms with van der Waals surface area (Å²) in [5, 5.41) is 11.1. The summed E-state index contributed by atoms with van der Waals surface area (Å²) in [4.78, 5) is 15.3. The van der Waals surface area contributed by atoms with E-state index in [-0.39, 0.29) is 5.92 Å². The summed E-state index contributed by atoms with van der Waals surface area (Å²) in [6, 6.07) is 0.444. The fourth-order valence-electron chi connectivity index (χ4n) is 5.45. The van der Waals surface area contributed by atoms with Crippen LogP contribution in [-0.2, 0) is 17.6 Å². The maximum absolute atomic E-state index is 13.1. The first-order valence-electron chi connectivity index (χ1n) is 8.54. The molecule has 3 atom stereocenters. The highest BCUT2D eigenvalue weighted by Gasteiger charge is 2.51. The van der Waals surface area contributed by atoms with Crippen LogP contribution in [0.3, 0.4) is 0 Å². The largest absolute Gasteiger partial charge is 0.339 e. The molecule has 1 N–H and O–H groups in total. The number of nitrogens with one attached hydrogen (secondary N) is 1. The third kappa shape index (κ3) is 2.25. The van der Waals surface area contributed by atoms with Gasteiger partial charge in [-0.25, -0.2) is 0 Å². The number of hydrogen-bond donors (Lipinski definition) is 1. The monoisotopic (exact) mass is 302 g/mol. The van der Waals surface area contributed by atoms with Crippen LogP contribution in [0.15, 0.2) is 0 Å². The van der Waals surface area contributed by atoms with E-state index in [0.717, 1.165) is 43.6 Å². The highest BCUT2D eigenvalue weighted by atomic mass is 16.2. The minimum atomic E-state index is 0.101. The molecule has 2 fully saturated rings. The molecule has 5 nitrogen and oxygen atoms in total. The van der Waals surface area contributed by atoms with Crippen molar-refractivity contribution in [1.82, 2.24) is 20.3 Å². The number of aryl methyl sites for hydroxylation is 1. The van der Waals surface area contributed by atoms with Crippen molar-refractivity contribution >= 4 is 5.91 Å². The smallest absolute Gasteiger partial charge is 0.226 e. The van der Waals surface area contributed by atoms with E-state index in [9.17, 15) is 4.79 Å².